The molecular weight excluding hydrogens is 300 g/mol. The van der Waals surface area contributed by atoms with Crippen LogP contribution in [0.1, 0.15) is 72.1 Å². The van der Waals surface area contributed by atoms with Gasteiger partial charge in [-0.2, -0.15) is 0 Å². The van der Waals surface area contributed by atoms with Crippen molar-refractivity contribution in [2.75, 3.05) is 0 Å². The highest BCUT2D eigenvalue weighted by atomic mass is 16.3. The molecule has 0 aromatic heterocycles. The van der Waals surface area contributed by atoms with E-state index in [0.717, 1.165) is 44.9 Å². The standard InChI is InChI=1S/C21H32O3/c1-12(22)16-6-7-17-15-5-4-13-10-14(23)8-9-20(13,2)19(15)18(24)11-21(16,17)3/h13-17,19,23H,4-11H2,1-3H3/t13-,14-,15-,16-,17-,19+,20+,21-/m1/s1. The number of fused-ring (bicyclic) bond motifs is 5. The van der Waals surface area contributed by atoms with Crippen molar-refractivity contribution in [1.82, 2.24) is 0 Å². The molecule has 3 heteroatoms. The molecule has 0 aliphatic heterocycles. The first-order valence-electron chi connectivity index (χ1n) is 9.98. The van der Waals surface area contributed by atoms with Gasteiger partial charge in [0.15, 0.2) is 0 Å². The van der Waals surface area contributed by atoms with Crippen molar-refractivity contribution in [2.24, 2.45) is 40.4 Å². The highest BCUT2D eigenvalue weighted by molar-refractivity contribution is 5.87. The number of aliphatic hydroxyl groups is 1. The fourth-order valence-corrected chi connectivity index (χ4v) is 7.72. The molecule has 0 heterocycles. The van der Waals surface area contributed by atoms with Gasteiger partial charge in [-0.25, -0.2) is 0 Å². The van der Waals surface area contributed by atoms with Crippen LogP contribution in [-0.4, -0.2) is 22.8 Å². The van der Waals surface area contributed by atoms with Crippen LogP contribution in [0.25, 0.3) is 0 Å². The van der Waals surface area contributed by atoms with Crippen molar-refractivity contribution in [2.45, 2.75) is 78.2 Å². The zero-order chi connectivity index (χ0) is 17.3. The maximum Gasteiger partial charge on any atom is 0.137 e. The molecule has 1 N–H and O–H groups in total. The zero-order valence-corrected chi connectivity index (χ0v) is 15.4. The summed E-state index contributed by atoms with van der Waals surface area (Å²) in [7, 11) is 0. The Morgan fingerprint density at radius 2 is 1.83 bits per heavy atom. The summed E-state index contributed by atoms with van der Waals surface area (Å²) in [6, 6.07) is 0. The Hall–Kier alpha value is -0.700. The number of rotatable bonds is 1. The van der Waals surface area contributed by atoms with Crippen LogP contribution < -0.4 is 0 Å². The molecule has 24 heavy (non-hydrogen) atoms. The van der Waals surface area contributed by atoms with E-state index in [1.165, 1.54) is 0 Å². The molecule has 8 atom stereocenters. The topological polar surface area (TPSA) is 54.4 Å². The molecule has 3 nitrogen and oxygen atoms in total. The van der Waals surface area contributed by atoms with Crippen LogP contribution in [0.4, 0.5) is 0 Å². The summed E-state index contributed by atoms with van der Waals surface area (Å²) in [6.45, 7) is 6.28. The molecule has 134 valence electrons. The van der Waals surface area contributed by atoms with Crippen molar-refractivity contribution in [3.05, 3.63) is 0 Å². The fraction of sp³-hybridized carbons (Fsp3) is 0.905. The molecule has 0 bridgehead atoms. The lowest BCUT2D eigenvalue weighted by atomic mass is 9.44. The number of ketones is 2. The molecule has 4 rings (SSSR count). The molecule has 0 saturated heterocycles. The predicted octanol–water partition coefficient (Wildman–Crippen LogP) is 3.77. The van der Waals surface area contributed by atoms with Gasteiger partial charge in [-0.05, 0) is 80.5 Å². The van der Waals surface area contributed by atoms with E-state index in [-0.39, 0.29) is 34.6 Å². The average Bonchev–Trinajstić information content (AvgIpc) is 2.84. The molecule has 0 spiro atoms. The van der Waals surface area contributed by atoms with Gasteiger partial charge in [-0.1, -0.05) is 13.8 Å². The van der Waals surface area contributed by atoms with Gasteiger partial charge in [0.1, 0.15) is 11.6 Å². The minimum Gasteiger partial charge on any atom is -0.393 e. The van der Waals surface area contributed by atoms with Crippen molar-refractivity contribution in [3.8, 4) is 0 Å². The maximum atomic E-state index is 13.3. The lowest BCUT2D eigenvalue weighted by Crippen LogP contribution is -2.58. The molecule has 4 aliphatic rings. The summed E-state index contributed by atoms with van der Waals surface area (Å²) in [5.74, 6) is 2.48. The van der Waals surface area contributed by atoms with Crippen LogP contribution >= 0.6 is 0 Å². The van der Waals surface area contributed by atoms with Crippen molar-refractivity contribution in [1.29, 1.82) is 0 Å². The van der Waals surface area contributed by atoms with E-state index in [0.29, 0.717) is 30.0 Å². The highest BCUT2D eigenvalue weighted by Crippen LogP contribution is 2.66. The summed E-state index contributed by atoms with van der Waals surface area (Å²) in [5, 5.41) is 10.1. The summed E-state index contributed by atoms with van der Waals surface area (Å²) in [6.07, 6.45) is 7.53. The summed E-state index contributed by atoms with van der Waals surface area (Å²) < 4.78 is 0. The van der Waals surface area contributed by atoms with E-state index < -0.39 is 0 Å². The largest absolute Gasteiger partial charge is 0.393 e. The SMILES string of the molecule is CC(=O)[C@H]1CC[C@@H]2[C@H]3CC[C@@H]4C[C@H](O)CC[C@]4(C)[C@@H]3C(=O)C[C@]12C. The molecule has 0 unspecified atom stereocenters. The van der Waals surface area contributed by atoms with Gasteiger partial charge in [0.2, 0.25) is 0 Å². The van der Waals surface area contributed by atoms with Gasteiger partial charge in [-0.3, -0.25) is 9.59 Å². The third-order valence-electron chi connectivity index (χ3n) is 8.81. The zero-order valence-electron chi connectivity index (χ0n) is 15.4. The van der Waals surface area contributed by atoms with Gasteiger partial charge in [0.05, 0.1) is 6.10 Å². The van der Waals surface area contributed by atoms with Crippen molar-refractivity contribution < 1.29 is 14.7 Å². The Bertz CT molecular complexity index is 569. The number of hydrogen-bond acceptors (Lipinski definition) is 3. The molecule has 0 aromatic carbocycles. The fourth-order valence-electron chi connectivity index (χ4n) is 7.72. The molecule has 4 fully saturated rings. The third-order valence-corrected chi connectivity index (χ3v) is 8.81. The first-order chi connectivity index (χ1) is 11.3. The highest BCUT2D eigenvalue weighted by Gasteiger charge is 2.63. The summed E-state index contributed by atoms with van der Waals surface area (Å²) >= 11 is 0. The van der Waals surface area contributed by atoms with Crippen LogP contribution in [0.3, 0.4) is 0 Å². The first-order valence-corrected chi connectivity index (χ1v) is 9.98. The molecule has 0 aromatic rings. The van der Waals surface area contributed by atoms with Gasteiger partial charge in [0.25, 0.3) is 0 Å². The van der Waals surface area contributed by atoms with E-state index in [4.69, 9.17) is 0 Å². The smallest absolute Gasteiger partial charge is 0.137 e. The molecule has 4 aliphatic carbocycles. The van der Waals surface area contributed by atoms with Gasteiger partial charge in [0, 0.05) is 18.3 Å². The Morgan fingerprint density at radius 3 is 2.54 bits per heavy atom. The quantitative estimate of drug-likeness (QED) is 0.795. The second-order valence-corrected chi connectivity index (χ2v) is 9.85. The van der Waals surface area contributed by atoms with Crippen LogP contribution in [0.2, 0.25) is 0 Å². The maximum absolute atomic E-state index is 13.3. The van der Waals surface area contributed by atoms with Crippen LogP contribution in [0.15, 0.2) is 0 Å². The van der Waals surface area contributed by atoms with E-state index in [2.05, 4.69) is 13.8 Å². The van der Waals surface area contributed by atoms with E-state index in [1.54, 1.807) is 6.92 Å². The van der Waals surface area contributed by atoms with Gasteiger partial charge >= 0.3 is 0 Å². The first kappa shape index (κ1) is 16.8. The van der Waals surface area contributed by atoms with E-state index >= 15 is 0 Å². The number of carbonyl (C=O) groups excluding carboxylic acids is 2. The lowest BCUT2D eigenvalue weighted by Gasteiger charge is -2.59. The van der Waals surface area contributed by atoms with Gasteiger partial charge in [-0.15, -0.1) is 0 Å². The summed E-state index contributed by atoms with van der Waals surface area (Å²) in [4.78, 5) is 25.5. The molecule has 0 radical (unpaired) electrons. The Labute approximate surface area is 145 Å². The Kier molecular flexibility index (Phi) is 3.77. The predicted molar refractivity (Wildman–Crippen MR) is 92.3 cm³/mol. The van der Waals surface area contributed by atoms with Crippen LogP contribution in [-0.2, 0) is 9.59 Å². The van der Waals surface area contributed by atoms with E-state index in [9.17, 15) is 14.7 Å². The Balaban J connectivity index is 1.68. The number of aliphatic hydroxyl groups excluding tert-OH is 1. The normalized spacial score (nSPS) is 53.9. The lowest BCUT2D eigenvalue weighted by molar-refractivity contribution is -0.162. The van der Waals surface area contributed by atoms with E-state index in [1.807, 2.05) is 0 Å². The van der Waals surface area contributed by atoms with Crippen LogP contribution in [0, 0.1) is 40.4 Å². The Morgan fingerprint density at radius 1 is 1.08 bits per heavy atom. The summed E-state index contributed by atoms with van der Waals surface area (Å²) in [5.41, 5.74) is -0.0175. The van der Waals surface area contributed by atoms with Crippen molar-refractivity contribution in [3.63, 3.8) is 0 Å². The van der Waals surface area contributed by atoms with Crippen molar-refractivity contribution >= 4 is 11.6 Å². The molecular formula is C21H32O3. The minimum atomic E-state index is -0.169. The second-order valence-electron chi connectivity index (χ2n) is 9.85. The number of hydrogen-bond donors (Lipinski definition) is 1. The van der Waals surface area contributed by atoms with Gasteiger partial charge < -0.3 is 5.11 Å². The number of carbonyl (C=O) groups is 2. The number of Topliss-reactive ketones (excluding diaryl/α,β-unsaturated/α-hetero) is 2. The monoisotopic (exact) mass is 332 g/mol. The molecule has 0 amide bonds. The third kappa shape index (κ3) is 2.12. The van der Waals surface area contributed by atoms with Crippen LogP contribution in [0.5, 0.6) is 0 Å². The second kappa shape index (κ2) is 5.40. The minimum absolute atomic E-state index is 0.0782. The average molecular weight is 332 g/mol. The molecule has 4 saturated carbocycles.